The first-order valence-corrected chi connectivity index (χ1v) is 8.04. The Morgan fingerprint density at radius 2 is 1.67 bits per heavy atom. The summed E-state index contributed by atoms with van der Waals surface area (Å²) in [7, 11) is 1.73. The Bertz CT molecular complexity index is 696. The molecule has 0 heterocycles. The third-order valence-corrected chi connectivity index (χ3v) is 3.79. The molecular weight excluding hydrogens is 324 g/mol. The number of guanidine groups is 1. The lowest BCUT2D eigenvalue weighted by molar-refractivity contribution is 0.100. The summed E-state index contributed by atoms with van der Waals surface area (Å²) in [6, 6.07) is 15.0. The van der Waals surface area contributed by atoms with Gasteiger partial charge in [-0.25, -0.2) is 0 Å². The number of benzene rings is 2. The Labute approximate surface area is 146 Å². The van der Waals surface area contributed by atoms with E-state index in [-0.39, 0.29) is 0 Å². The average molecular weight is 345 g/mol. The number of carbonyl (C=O) groups is 1. The number of amides is 1. The number of hydrogen-bond donors (Lipinski definition) is 3. The molecule has 0 atom stereocenters. The summed E-state index contributed by atoms with van der Waals surface area (Å²) in [4.78, 5) is 15.2. The van der Waals surface area contributed by atoms with Gasteiger partial charge >= 0.3 is 0 Å². The Morgan fingerprint density at radius 1 is 1.04 bits per heavy atom. The first-order chi connectivity index (χ1) is 11.6. The van der Waals surface area contributed by atoms with Crippen molar-refractivity contribution in [3.63, 3.8) is 0 Å². The zero-order valence-electron chi connectivity index (χ0n) is 13.6. The summed E-state index contributed by atoms with van der Waals surface area (Å²) in [5.41, 5.74) is 7.99. The molecule has 2 aromatic rings. The predicted molar refractivity (Wildman–Crippen MR) is 98.3 cm³/mol. The minimum atomic E-state index is -0.422. The van der Waals surface area contributed by atoms with Crippen molar-refractivity contribution in [3.05, 3.63) is 70.2 Å². The highest BCUT2D eigenvalue weighted by Crippen LogP contribution is 2.09. The van der Waals surface area contributed by atoms with E-state index < -0.39 is 5.91 Å². The summed E-state index contributed by atoms with van der Waals surface area (Å²) >= 11 is 5.87. The number of nitrogens with two attached hydrogens (primary N) is 1. The SMILES string of the molecule is CN=C(NCCc1ccc(Cl)cc1)NCc1ccc(C(N)=O)cc1. The van der Waals surface area contributed by atoms with Crippen LogP contribution < -0.4 is 16.4 Å². The standard InChI is InChI=1S/C18H21ClN4O/c1-21-18(22-11-10-13-4-8-16(19)9-5-13)23-12-14-2-6-15(7-3-14)17(20)24/h2-9H,10-12H2,1H3,(H2,20,24)(H2,21,22,23). The highest BCUT2D eigenvalue weighted by Gasteiger charge is 2.01. The van der Waals surface area contributed by atoms with Crippen LogP contribution in [-0.4, -0.2) is 25.5 Å². The molecule has 1 amide bonds. The van der Waals surface area contributed by atoms with E-state index in [4.69, 9.17) is 17.3 Å². The van der Waals surface area contributed by atoms with Gasteiger partial charge in [0.25, 0.3) is 0 Å². The monoisotopic (exact) mass is 344 g/mol. The molecule has 0 bridgehead atoms. The van der Waals surface area contributed by atoms with Crippen molar-refractivity contribution < 1.29 is 4.79 Å². The van der Waals surface area contributed by atoms with Crippen molar-refractivity contribution in [1.82, 2.24) is 10.6 Å². The lowest BCUT2D eigenvalue weighted by atomic mass is 10.1. The lowest BCUT2D eigenvalue weighted by Gasteiger charge is -2.12. The van der Waals surface area contributed by atoms with Crippen molar-refractivity contribution in [2.45, 2.75) is 13.0 Å². The molecule has 0 unspecified atom stereocenters. The summed E-state index contributed by atoms with van der Waals surface area (Å²) < 4.78 is 0. The Kier molecular flexibility index (Phi) is 6.63. The third-order valence-electron chi connectivity index (χ3n) is 3.54. The highest BCUT2D eigenvalue weighted by atomic mass is 35.5. The minimum absolute atomic E-state index is 0.422. The van der Waals surface area contributed by atoms with Crippen LogP contribution in [0.2, 0.25) is 5.02 Å². The molecule has 0 aliphatic carbocycles. The smallest absolute Gasteiger partial charge is 0.248 e. The topological polar surface area (TPSA) is 79.5 Å². The summed E-state index contributed by atoms with van der Waals surface area (Å²) in [6.45, 7) is 1.38. The third kappa shape index (κ3) is 5.59. The number of hydrogen-bond acceptors (Lipinski definition) is 2. The molecule has 24 heavy (non-hydrogen) atoms. The fourth-order valence-electron chi connectivity index (χ4n) is 2.17. The van der Waals surface area contributed by atoms with Gasteiger partial charge in [0.1, 0.15) is 0 Å². The van der Waals surface area contributed by atoms with E-state index in [0.717, 1.165) is 29.5 Å². The quantitative estimate of drug-likeness (QED) is 0.556. The Hall–Kier alpha value is -2.53. The zero-order valence-corrected chi connectivity index (χ0v) is 14.3. The molecule has 2 rings (SSSR count). The van der Waals surface area contributed by atoms with Gasteiger partial charge in [-0.3, -0.25) is 9.79 Å². The van der Waals surface area contributed by atoms with Gasteiger partial charge in [0.2, 0.25) is 5.91 Å². The van der Waals surface area contributed by atoms with E-state index in [1.54, 1.807) is 19.2 Å². The molecule has 0 radical (unpaired) electrons. The van der Waals surface area contributed by atoms with E-state index in [9.17, 15) is 4.79 Å². The Morgan fingerprint density at radius 3 is 2.25 bits per heavy atom. The van der Waals surface area contributed by atoms with Crippen molar-refractivity contribution in [1.29, 1.82) is 0 Å². The second-order valence-corrected chi connectivity index (χ2v) is 5.73. The largest absolute Gasteiger partial charge is 0.366 e. The van der Waals surface area contributed by atoms with Crippen LogP contribution in [-0.2, 0) is 13.0 Å². The molecule has 6 heteroatoms. The van der Waals surface area contributed by atoms with Gasteiger partial charge in [-0.05, 0) is 41.8 Å². The summed E-state index contributed by atoms with van der Waals surface area (Å²) in [5, 5.41) is 7.24. The molecule has 0 spiro atoms. The lowest BCUT2D eigenvalue weighted by Crippen LogP contribution is -2.37. The van der Waals surface area contributed by atoms with Gasteiger partial charge in [-0.2, -0.15) is 0 Å². The molecule has 0 saturated heterocycles. The first-order valence-electron chi connectivity index (χ1n) is 7.66. The molecule has 2 aromatic carbocycles. The number of nitrogens with zero attached hydrogens (tertiary/aromatic N) is 1. The van der Waals surface area contributed by atoms with Crippen molar-refractivity contribution >= 4 is 23.5 Å². The van der Waals surface area contributed by atoms with Gasteiger partial charge in [0.15, 0.2) is 5.96 Å². The number of primary amides is 1. The van der Waals surface area contributed by atoms with Crippen molar-refractivity contribution in [3.8, 4) is 0 Å². The molecule has 126 valence electrons. The van der Waals surface area contributed by atoms with Gasteiger partial charge < -0.3 is 16.4 Å². The number of rotatable bonds is 6. The molecule has 0 aromatic heterocycles. The van der Waals surface area contributed by atoms with Gasteiger partial charge in [0, 0.05) is 30.7 Å². The van der Waals surface area contributed by atoms with Gasteiger partial charge in [-0.15, -0.1) is 0 Å². The van der Waals surface area contributed by atoms with Crippen LogP contribution >= 0.6 is 11.6 Å². The normalized spacial score (nSPS) is 11.2. The second-order valence-electron chi connectivity index (χ2n) is 5.29. The van der Waals surface area contributed by atoms with Gasteiger partial charge in [0.05, 0.1) is 0 Å². The first kappa shape index (κ1) is 17.8. The predicted octanol–water partition coefficient (Wildman–Crippen LogP) is 2.35. The maximum absolute atomic E-state index is 11.0. The summed E-state index contributed by atoms with van der Waals surface area (Å²) in [5.74, 6) is 0.303. The van der Waals surface area contributed by atoms with Crippen molar-refractivity contribution in [2.75, 3.05) is 13.6 Å². The van der Waals surface area contributed by atoms with E-state index in [2.05, 4.69) is 15.6 Å². The fraction of sp³-hybridized carbons (Fsp3) is 0.222. The average Bonchev–Trinajstić information content (AvgIpc) is 2.60. The number of halogens is 1. The molecule has 0 saturated carbocycles. The number of nitrogens with one attached hydrogen (secondary N) is 2. The number of aliphatic imine (C=N–C) groups is 1. The van der Waals surface area contributed by atoms with E-state index in [0.29, 0.717) is 12.1 Å². The maximum Gasteiger partial charge on any atom is 0.248 e. The molecular formula is C18H21ClN4O. The van der Waals surface area contributed by atoms with E-state index in [1.165, 1.54) is 5.56 Å². The van der Waals surface area contributed by atoms with Crippen LogP contribution in [0.4, 0.5) is 0 Å². The zero-order chi connectivity index (χ0) is 17.4. The molecule has 4 N–H and O–H groups in total. The van der Waals surface area contributed by atoms with Gasteiger partial charge in [-0.1, -0.05) is 35.9 Å². The molecule has 0 aliphatic rings. The van der Waals surface area contributed by atoms with Crippen molar-refractivity contribution in [2.24, 2.45) is 10.7 Å². The second kappa shape index (κ2) is 8.93. The van der Waals surface area contributed by atoms with E-state index in [1.807, 2.05) is 36.4 Å². The van der Waals surface area contributed by atoms with Crippen LogP contribution in [0.25, 0.3) is 0 Å². The minimum Gasteiger partial charge on any atom is -0.366 e. The Balaban J connectivity index is 1.77. The van der Waals surface area contributed by atoms with Crippen LogP contribution in [0.5, 0.6) is 0 Å². The van der Waals surface area contributed by atoms with Crippen LogP contribution in [0, 0.1) is 0 Å². The fourth-order valence-corrected chi connectivity index (χ4v) is 2.30. The molecule has 5 nitrogen and oxygen atoms in total. The van der Waals surface area contributed by atoms with Crippen LogP contribution in [0.15, 0.2) is 53.5 Å². The molecule has 0 aliphatic heterocycles. The van der Waals surface area contributed by atoms with Crippen LogP contribution in [0.1, 0.15) is 21.5 Å². The van der Waals surface area contributed by atoms with E-state index >= 15 is 0 Å². The highest BCUT2D eigenvalue weighted by molar-refractivity contribution is 6.30. The number of carbonyl (C=O) groups excluding carboxylic acids is 1. The molecule has 0 fully saturated rings. The van der Waals surface area contributed by atoms with Crippen LogP contribution in [0.3, 0.4) is 0 Å². The summed E-state index contributed by atoms with van der Waals surface area (Å²) in [6.07, 6.45) is 0.880. The maximum atomic E-state index is 11.0.